The molecule has 0 aliphatic rings. The first-order valence-electron chi connectivity index (χ1n) is 7.80. The molecular formula is C18H14F2N2O3S2. The van der Waals surface area contributed by atoms with Gasteiger partial charge in [-0.05, 0) is 36.8 Å². The molecule has 140 valence electrons. The van der Waals surface area contributed by atoms with E-state index in [9.17, 15) is 18.4 Å². The maximum atomic E-state index is 12.6. The maximum absolute atomic E-state index is 12.6. The number of carbonyl (C=O) groups excluding carboxylic acids is 2. The summed E-state index contributed by atoms with van der Waals surface area (Å²) >= 11 is 1.56. The Morgan fingerprint density at radius 3 is 2.81 bits per heavy atom. The molecule has 0 aliphatic heterocycles. The number of fused-ring (bicyclic) bond motifs is 1. The number of nitrogens with zero attached hydrogens (tertiary/aromatic N) is 1. The first kappa shape index (κ1) is 19.2. The zero-order valence-electron chi connectivity index (χ0n) is 14.1. The average molecular weight is 408 g/mol. The summed E-state index contributed by atoms with van der Waals surface area (Å²) in [4.78, 5) is 28.5. The van der Waals surface area contributed by atoms with Crippen LogP contribution in [0.1, 0.15) is 15.9 Å². The van der Waals surface area contributed by atoms with E-state index in [2.05, 4.69) is 10.3 Å². The predicted octanol–water partition coefficient (Wildman–Crippen LogP) is 4.71. The lowest BCUT2D eigenvalue weighted by Crippen LogP contribution is -2.21. The van der Waals surface area contributed by atoms with Gasteiger partial charge in [-0.2, -0.15) is 8.78 Å². The van der Waals surface area contributed by atoms with Gasteiger partial charge in [0.15, 0.2) is 11.7 Å². The van der Waals surface area contributed by atoms with Gasteiger partial charge in [0.1, 0.15) is 0 Å². The summed E-state index contributed by atoms with van der Waals surface area (Å²) < 4.78 is 31.0. The Bertz CT molecular complexity index is 992. The number of rotatable bonds is 6. The van der Waals surface area contributed by atoms with Crippen LogP contribution in [0.4, 0.5) is 13.9 Å². The van der Waals surface area contributed by atoms with Crippen LogP contribution in [-0.4, -0.2) is 29.2 Å². The molecule has 0 bridgehead atoms. The molecule has 0 spiro atoms. The maximum Gasteiger partial charge on any atom is 0.339 e. The number of aromatic nitrogens is 1. The number of esters is 1. The SMILES string of the molecule is Cc1ccc2nc(NC(=O)COC(=O)c3ccccc3SC(F)F)sc2c1. The Kier molecular flexibility index (Phi) is 6.02. The van der Waals surface area contributed by atoms with Gasteiger partial charge < -0.3 is 4.74 Å². The molecule has 1 N–H and O–H groups in total. The number of thioether (sulfide) groups is 1. The van der Waals surface area contributed by atoms with Crippen LogP contribution in [0, 0.1) is 6.92 Å². The van der Waals surface area contributed by atoms with Crippen molar-refractivity contribution in [2.24, 2.45) is 0 Å². The Hall–Kier alpha value is -2.52. The summed E-state index contributed by atoms with van der Waals surface area (Å²) in [7, 11) is 0. The van der Waals surface area contributed by atoms with Gasteiger partial charge in [0, 0.05) is 4.90 Å². The van der Waals surface area contributed by atoms with Crippen molar-refractivity contribution in [3.63, 3.8) is 0 Å². The molecule has 3 aromatic rings. The van der Waals surface area contributed by atoms with E-state index in [1.165, 1.54) is 29.5 Å². The highest BCUT2D eigenvalue weighted by molar-refractivity contribution is 7.99. The second-order valence-electron chi connectivity index (χ2n) is 5.49. The van der Waals surface area contributed by atoms with Gasteiger partial charge in [0.25, 0.3) is 11.7 Å². The number of amides is 1. The summed E-state index contributed by atoms with van der Waals surface area (Å²) in [5, 5.41) is 2.96. The van der Waals surface area contributed by atoms with E-state index in [-0.39, 0.29) is 22.2 Å². The summed E-state index contributed by atoms with van der Waals surface area (Å²) in [6.07, 6.45) is 0. The van der Waals surface area contributed by atoms with Gasteiger partial charge in [-0.15, -0.1) is 0 Å². The number of carbonyl (C=O) groups is 2. The van der Waals surface area contributed by atoms with Crippen molar-refractivity contribution in [2.45, 2.75) is 17.6 Å². The van der Waals surface area contributed by atoms with Crippen molar-refractivity contribution in [1.29, 1.82) is 0 Å². The first-order valence-corrected chi connectivity index (χ1v) is 9.50. The lowest BCUT2D eigenvalue weighted by Gasteiger charge is -2.08. The number of aryl methyl sites for hydroxylation is 1. The van der Waals surface area contributed by atoms with E-state index < -0.39 is 24.2 Å². The monoisotopic (exact) mass is 408 g/mol. The number of halogens is 2. The van der Waals surface area contributed by atoms with Crippen molar-refractivity contribution in [3.05, 3.63) is 53.6 Å². The Labute approximate surface area is 161 Å². The number of alkyl halides is 2. The molecule has 3 rings (SSSR count). The van der Waals surface area contributed by atoms with Gasteiger partial charge in [-0.1, -0.05) is 41.3 Å². The molecule has 0 fully saturated rings. The number of anilines is 1. The van der Waals surface area contributed by atoms with Crippen molar-refractivity contribution >= 4 is 50.3 Å². The first-order chi connectivity index (χ1) is 12.9. The molecule has 0 aliphatic carbocycles. The number of hydrogen-bond acceptors (Lipinski definition) is 6. The molecular weight excluding hydrogens is 394 g/mol. The van der Waals surface area contributed by atoms with Crippen molar-refractivity contribution in [2.75, 3.05) is 11.9 Å². The van der Waals surface area contributed by atoms with Gasteiger partial charge in [-0.3, -0.25) is 10.1 Å². The van der Waals surface area contributed by atoms with E-state index in [1.54, 1.807) is 6.07 Å². The quantitative estimate of drug-likeness (QED) is 0.472. The van der Waals surface area contributed by atoms with Gasteiger partial charge in [-0.25, -0.2) is 9.78 Å². The lowest BCUT2D eigenvalue weighted by molar-refractivity contribution is -0.119. The molecule has 9 heteroatoms. The molecule has 2 aromatic carbocycles. The molecule has 5 nitrogen and oxygen atoms in total. The third kappa shape index (κ3) is 5.01. The molecule has 27 heavy (non-hydrogen) atoms. The van der Waals surface area contributed by atoms with Crippen molar-refractivity contribution in [1.82, 2.24) is 4.98 Å². The zero-order valence-corrected chi connectivity index (χ0v) is 15.7. The number of benzene rings is 2. The highest BCUT2D eigenvalue weighted by atomic mass is 32.2. The van der Waals surface area contributed by atoms with Crippen LogP contribution < -0.4 is 5.32 Å². The minimum Gasteiger partial charge on any atom is -0.452 e. The Balaban J connectivity index is 1.61. The number of nitrogens with one attached hydrogen (secondary N) is 1. The van der Waals surface area contributed by atoms with Crippen molar-refractivity contribution in [3.8, 4) is 0 Å². The lowest BCUT2D eigenvalue weighted by atomic mass is 10.2. The third-order valence-corrected chi connectivity index (χ3v) is 5.17. The summed E-state index contributed by atoms with van der Waals surface area (Å²) in [6.45, 7) is 1.42. The molecule has 0 saturated carbocycles. The van der Waals surface area contributed by atoms with Crippen LogP contribution in [0.15, 0.2) is 47.4 Å². The van der Waals surface area contributed by atoms with Crippen LogP contribution >= 0.6 is 23.1 Å². The molecule has 0 atom stereocenters. The normalized spacial score (nSPS) is 11.0. The number of ether oxygens (including phenoxy) is 1. The van der Waals surface area contributed by atoms with Crippen LogP contribution in [0.2, 0.25) is 0 Å². The second-order valence-corrected chi connectivity index (χ2v) is 7.55. The van der Waals surface area contributed by atoms with E-state index in [1.807, 2.05) is 25.1 Å². The average Bonchev–Trinajstić information content (AvgIpc) is 3.00. The molecule has 0 radical (unpaired) electrons. The summed E-state index contributed by atoms with van der Waals surface area (Å²) in [6, 6.07) is 11.6. The minimum atomic E-state index is -2.66. The van der Waals surface area contributed by atoms with Crippen LogP contribution in [0.5, 0.6) is 0 Å². The highest BCUT2D eigenvalue weighted by Gasteiger charge is 2.18. The molecule has 0 saturated heterocycles. The van der Waals surface area contributed by atoms with Crippen LogP contribution in [0.3, 0.4) is 0 Å². The number of thiazole rings is 1. The largest absolute Gasteiger partial charge is 0.452 e. The minimum absolute atomic E-state index is 0.00828. The van der Waals surface area contributed by atoms with E-state index >= 15 is 0 Å². The van der Waals surface area contributed by atoms with E-state index in [0.717, 1.165) is 15.8 Å². The van der Waals surface area contributed by atoms with Gasteiger partial charge >= 0.3 is 5.97 Å². The van der Waals surface area contributed by atoms with Gasteiger partial charge in [0.2, 0.25) is 0 Å². The molecule has 1 heterocycles. The summed E-state index contributed by atoms with van der Waals surface area (Å²) in [5.74, 6) is -4.06. The fourth-order valence-corrected chi connectivity index (χ4v) is 3.89. The highest BCUT2D eigenvalue weighted by Crippen LogP contribution is 2.29. The molecule has 1 amide bonds. The fraction of sp³-hybridized carbons (Fsp3) is 0.167. The smallest absolute Gasteiger partial charge is 0.339 e. The topological polar surface area (TPSA) is 68.3 Å². The van der Waals surface area contributed by atoms with E-state index in [4.69, 9.17) is 4.74 Å². The Morgan fingerprint density at radius 2 is 2.04 bits per heavy atom. The van der Waals surface area contributed by atoms with Crippen LogP contribution in [-0.2, 0) is 9.53 Å². The van der Waals surface area contributed by atoms with Crippen LogP contribution in [0.25, 0.3) is 10.2 Å². The molecule has 0 unspecified atom stereocenters. The number of hydrogen-bond donors (Lipinski definition) is 1. The van der Waals surface area contributed by atoms with Gasteiger partial charge in [0.05, 0.1) is 15.8 Å². The van der Waals surface area contributed by atoms with Crippen molar-refractivity contribution < 1.29 is 23.1 Å². The third-order valence-electron chi connectivity index (χ3n) is 3.45. The standard InChI is InChI=1S/C18H14F2N2O3S2/c1-10-6-7-12-14(8-10)27-18(21-12)22-15(23)9-25-16(24)11-4-2-3-5-13(11)26-17(19)20/h2-8,17H,9H2,1H3,(H,21,22,23). The second kappa shape index (κ2) is 8.45. The molecule has 1 aromatic heterocycles. The fourth-order valence-electron chi connectivity index (χ4n) is 2.28. The predicted molar refractivity (Wildman–Crippen MR) is 102 cm³/mol. The Morgan fingerprint density at radius 1 is 1.26 bits per heavy atom. The zero-order chi connectivity index (χ0) is 19.4. The van der Waals surface area contributed by atoms with E-state index in [0.29, 0.717) is 5.13 Å². The summed E-state index contributed by atoms with van der Waals surface area (Å²) in [5.41, 5.74) is 1.83.